The summed E-state index contributed by atoms with van der Waals surface area (Å²) in [5.41, 5.74) is 0.427. The van der Waals surface area contributed by atoms with Crippen LogP contribution in [-0.2, 0) is 9.53 Å². The molecule has 1 N–H and O–H groups in total. The number of aliphatic hydroxyl groups is 1. The van der Waals surface area contributed by atoms with Crippen LogP contribution in [0.25, 0.3) is 0 Å². The van der Waals surface area contributed by atoms with Crippen LogP contribution in [0.15, 0.2) is 52.0 Å². The van der Waals surface area contributed by atoms with Crippen LogP contribution in [-0.4, -0.2) is 18.2 Å². The number of carbonyl (C=O) groups is 1. The van der Waals surface area contributed by atoms with Gasteiger partial charge in [-0.1, -0.05) is 25.1 Å². The van der Waals surface area contributed by atoms with Crippen LogP contribution < -0.4 is 0 Å². The molecule has 0 saturated heterocycles. The summed E-state index contributed by atoms with van der Waals surface area (Å²) in [5, 5.41) is 17.1. The molecule has 0 aromatic heterocycles. The van der Waals surface area contributed by atoms with Crippen LogP contribution in [0.3, 0.4) is 0 Å². The molecule has 0 fully saturated rings. The molecule has 90 valence electrons. The number of aliphatic hydroxyl groups excluding tert-OH is 1. The summed E-state index contributed by atoms with van der Waals surface area (Å²) >= 11 is 0. The molecule has 0 heterocycles. The highest BCUT2D eigenvalue weighted by Gasteiger charge is 2.14. The van der Waals surface area contributed by atoms with Gasteiger partial charge in [-0.2, -0.15) is 5.11 Å². The molecule has 0 saturated carbocycles. The number of esters is 1. The molecule has 0 unspecified atom stereocenters. The minimum Gasteiger partial charge on any atom is -0.510 e. The van der Waals surface area contributed by atoms with Crippen molar-refractivity contribution in [1.29, 1.82) is 0 Å². The fraction of sp³-hybridized carbons (Fsp3) is 0.250. The lowest BCUT2D eigenvalue weighted by Gasteiger charge is -2.01. The monoisotopic (exact) mass is 234 g/mol. The van der Waals surface area contributed by atoms with Crippen molar-refractivity contribution in [1.82, 2.24) is 0 Å². The van der Waals surface area contributed by atoms with Crippen LogP contribution in [0.1, 0.15) is 13.3 Å². The number of allylic oxidation sites excluding steroid dienone is 1. The summed E-state index contributed by atoms with van der Waals surface area (Å²) in [4.78, 5) is 11.3. The van der Waals surface area contributed by atoms with E-state index in [1.54, 1.807) is 31.2 Å². The van der Waals surface area contributed by atoms with Crippen LogP contribution in [0.5, 0.6) is 0 Å². The topological polar surface area (TPSA) is 71.2 Å². The van der Waals surface area contributed by atoms with E-state index < -0.39 is 5.97 Å². The van der Waals surface area contributed by atoms with Crippen molar-refractivity contribution in [3.63, 3.8) is 0 Å². The minimum absolute atomic E-state index is 0.142. The minimum atomic E-state index is -0.705. The van der Waals surface area contributed by atoms with Crippen molar-refractivity contribution in [2.24, 2.45) is 10.2 Å². The molecule has 0 aliphatic rings. The molecular weight excluding hydrogens is 220 g/mol. The number of hydrogen-bond acceptors (Lipinski definition) is 5. The lowest BCUT2D eigenvalue weighted by molar-refractivity contribution is -0.136. The van der Waals surface area contributed by atoms with Gasteiger partial charge in [-0.15, -0.1) is 5.11 Å². The van der Waals surface area contributed by atoms with Gasteiger partial charge >= 0.3 is 5.97 Å². The highest BCUT2D eigenvalue weighted by molar-refractivity contribution is 5.88. The van der Waals surface area contributed by atoms with Crippen molar-refractivity contribution < 1.29 is 14.6 Å². The second-order valence-electron chi connectivity index (χ2n) is 3.18. The SMILES string of the molecule is CCC(O)=C(N=Nc1ccccc1)C(=O)OC. The molecule has 0 atom stereocenters. The first kappa shape index (κ1) is 12.9. The van der Waals surface area contributed by atoms with Gasteiger partial charge in [0.1, 0.15) is 5.76 Å². The van der Waals surface area contributed by atoms with Gasteiger partial charge < -0.3 is 9.84 Å². The number of ether oxygens (including phenoxy) is 1. The Bertz CT molecular complexity index is 438. The van der Waals surface area contributed by atoms with E-state index in [-0.39, 0.29) is 17.9 Å². The first-order valence-electron chi connectivity index (χ1n) is 5.16. The van der Waals surface area contributed by atoms with Crippen molar-refractivity contribution in [3.8, 4) is 0 Å². The fourth-order valence-electron chi connectivity index (χ4n) is 1.08. The van der Waals surface area contributed by atoms with Gasteiger partial charge in [0, 0.05) is 6.42 Å². The Morgan fingerprint density at radius 3 is 2.53 bits per heavy atom. The Kier molecular flexibility index (Phi) is 4.87. The molecule has 0 spiro atoms. The predicted octanol–water partition coefficient (Wildman–Crippen LogP) is 3.12. The highest BCUT2D eigenvalue weighted by Crippen LogP contribution is 2.15. The van der Waals surface area contributed by atoms with E-state index in [0.717, 1.165) is 0 Å². The molecule has 1 aromatic carbocycles. The average Bonchev–Trinajstić information content (AvgIpc) is 2.39. The fourth-order valence-corrected chi connectivity index (χ4v) is 1.08. The van der Waals surface area contributed by atoms with Crippen LogP contribution >= 0.6 is 0 Å². The Labute approximate surface area is 99.4 Å². The zero-order valence-corrected chi connectivity index (χ0v) is 9.75. The lowest BCUT2D eigenvalue weighted by atomic mass is 10.3. The van der Waals surface area contributed by atoms with Crippen LogP contribution in [0.4, 0.5) is 5.69 Å². The molecule has 1 aromatic rings. The Morgan fingerprint density at radius 1 is 1.35 bits per heavy atom. The van der Waals surface area contributed by atoms with Gasteiger partial charge in [0.15, 0.2) is 0 Å². The average molecular weight is 234 g/mol. The van der Waals surface area contributed by atoms with Gasteiger partial charge in [-0.05, 0) is 12.1 Å². The van der Waals surface area contributed by atoms with Crippen molar-refractivity contribution in [2.45, 2.75) is 13.3 Å². The lowest BCUT2D eigenvalue weighted by Crippen LogP contribution is -2.05. The summed E-state index contributed by atoms with van der Waals surface area (Å²) in [6, 6.07) is 8.92. The molecule has 5 heteroatoms. The van der Waals surface area contributed by atoms with Crippen LogP contribution in [0.2, 0.25) is 0 Å². The number of hydrogen-bond donors (Lipinski definition) is 1. The molecule has 0 aliphatic carbocycles. The highest BCUT2D eigenvalue weighted by atomic mass is 16.5. The number of rotatable bonds is 4. The largest absolute Gasteiger partial charge is 0.510 e. The molecule has 0 aliphatic heterocycles. The van der Waals surface area contributed by atoms with E-state index in [9.17, 15) is 9.90 Å². The maximum Gasteiger partial charge on any atom is 0.362 e. The summed E-state index contributed by atoms with van der Waals surface area (Å²) in [7, 11) is 1.23. The third-order valence-corrected chi connectivity index (χ3v) is 2.01. The Balaban J connectivity index is 2.96. The van der Waals surface area contributed by atoms with E-state index in [2.05, 4.69) is 15.0 Å². The number of methoxy groups -OCH3 is 1. The summed E-state index contributed by atoms with van der Waals surface area (Å²) in [6.07, 6.45) is 0.290. The summed E-state index contributed by atoms with van der Waals surface area (Å²) < 4.78 is 4.51. The maximum atomic E-state index is 11.3. The number of azo groups is 1. The molecule has 0 bridgehead atoms. The third kappa shape index (κ3) is 3.71. The first-order chi connectivity index (χ1) is 8.19. The van der Waals surface area contributed by atoms with E-state index in [1.807, 2.05) is 6.07 Å². The van der Waals surface area contributed by atoms with Crippen molar-refractivity contribution in [2.75, 3.05) is 7.11 Å². The standard InChI is InChI=1S/C12H14N2O3/c1-3-10(15)11(12(16)17-2)14-13-9-7-5-4-6-8-9/h4-8,15H,3H2,1-2H3. The second kappa shape index (κ2) is 6.42. The zero-order valence-electron chi connectivity index (χ0n) is 9.75. The van der Waals surface area contributed by atoms with E-state index in [0.29, 0.717) is 5.69 Å². The van der Waals surface area contributed by atoms with Crippen molar-refractivity contribution in [3.05, 3.63) is 41.8 Å². The third-order valence-electron chi connectivity index (χ3n) is 2.01. The quantitative estimate of drug-likeness (QED) is 0.376. The molecule has 17 heavy (non-hydrogen) atoms. The van der Waals surface area contributed by atoms with Gasteiger partial charge in [-0.3, -0.25) is 0 Å². The zero-order chi connectivity index (χ0) is 12.7. The molecule has 1 rings (SSSR count). The van der Waals surface area contributed by atoms with Gasteiger partial charge in [-0.25, -0.2) is 4.79 Å². The second-order valence-corrected chi connectivity index (χ2v) is 3.18. The van der Waals surface area contributed by atoms with E-state index in [4.69, 9.17) is 0 Å². The molecule has 0 amide bonds. The first-order valence-corrected chi connectivity index (χ1v) is 5.16. The van der Waals surface area contributed by atoms with Gasteiger partial charge in [0.25, 0.3) is 0 Å². The normalized spacial score (nSPS) is 12.4. The van der Waals surface area contributed by atoms with Crippen molar-refractivity contribution >= 4 is 11.7 Å². The number of carbonyl (C=O) groups excluding carboxylic acids is 1. The molecule has 0 radical (unpaired) electrons. The number of benzene rings is 1. The van der Waals surface area contributed by atoms with E-state index in [1.165, 1.54) is 7.11 Å². The number of nitrogens with zero attached hydrogens (tertiary/aromatic N) is 2. The Hall–Kier alpha value is -2.17. The molecular formula is C12H14N2O3. The van der Waals surface area contributed by atoms with Crippen LogP contribution in [0, 0.1) is 0 Å². The van der Waals surface area contributed by atoms with E-state index >= 15 is 0 Å². The summed E-state index contributed by atoms with van der Waals surface area (Å²) in [6.45, 7) is 1.70. The van der Waals surface area contributed by atoms with Gasteiger partial charge in [0.2, 0.25) is 5.70 Å². The maximum absolute atomic E-state index is 11.3. The smallest absolute Gasteiger partial charge is 0.362 e. The van der Waals surface area contributed by atoms with Gasteiger partial charge in [0.05, 0.1) is 12.8 Å². The summed E-state index contributed by atoms with van der Waals surface area (Å²) in [5.74, 6) is -0.847. The predicted molar refractivity (Wildman–Crippen MR) is 62.9 cm³/mol. The molecule has 5 nitrogen and oxygen atoms in total. The Morgan fingerprint density at radius 2 is 2.00 bits per heavy atom.